The molecule has 0 aliphatic carbocycles. The molecule has 0 aromatic carbocycles. The van der Waals surface area contributed by atoms with Gasteiger partial charge in [0, 0.05) is 37.4 Å². The number of rotatable bonds is 14. The Morgan fingerprint density at radius 3 is 1.18 bits per heavy atom. The van der Waals surface area contributed by atoms with Crippen LogP contribution in [0.3, 0.4) is 0 Å². The summed E-state index contributed by atoms with van der Waals surface area (Å²) >= 11 is 0. The second kappa shape index (κ2) is 25.4. The molecule has 28 heavy (non-hydrogen) atoms. The van der Waals surface area contributed by atoms with Crippen LogP contribution in [0, 0.1) is 0 Å². The minimum Gasteiger partial charge on any atom is -0.478 e. The Labute approximate surface area is 167 Å². The van der Waals surface area contributed by atoms with E-state index in [4.69, 9.17) is 43.4 Å². The molecule has 0 aromatic rings. The molecule has 0 fully saturated rings. The Balaban J connectivity index is -0.000000337. The second-order valence-corrected chi connectivity index (χ2v) is 6.12. The first-order valence-corrected chi connectivity index (χ1v) is 9.51. The van der Waals surface area contributed by atoms with Gasteiger partial charge in [-0.1, -0.05) is 0 Å². The maximum Gasteiger partial charge on any atom is 0.328 e. The summed E-state index contributed by atoms with van der Waals surface area (Å²) in [7, 11) is 0. The van der Waals surface area contributed by atoms with Crippen molar-refractivity contribution in [3.05, 3.63) is 12.2 Å². The molecule has 12 N–H and O–H groups in total. The van der Waals surface area contributed by atoms with Gasteiger partial charge in [0.2, 0.25) is 0 Å². The van der Waals surface area contributed by atoms with Gasteiger partial charge in [-0.2, -0.15) is 0 Å². The third kappa shape index (κ3) is 35.5. The van der Waals surface area contributed by atoms with Gasteiger partial charge in [0.25, 0.3) is 0 Å². The molecule has 0 amide bonds. The summed E-state index contributed by atoms with van der Waals surface area (Å²) in [4.78, 5) is 19.1. The molecular weight excluding hydrogens is 368 g/mol. The van der Waals surface area contributed by atoms with Crippen LogP contribution in [0.2, 0.25) is 0 Å². The summed E-state index contributed by atoms with van der Waals surface area (Å²) in [5, 5.41) is 32.5. The molecule has 10 heteroatoms. The number of hydrogen-bond donors (Lipinski definition) is 8. The summed E-state index contributed by atoms with van der Waals surface area (Å²) in [5.74, 6) is -2.51. The molecule has 0 spiro atoms. The van der Waals surface area contributed by atoms with E-state index in [1.807, 2.05) is 0 Å². The predicted molar refractivity (Wildman–Crippen MR) is 110 cm³/mol. The molecule has 168 valence electrons. The first kappa shape index (κ1) is 31.1. The summed E-state index contributed by atoms with van der Waals surface area (Å²) < 4.78 is 0. The zero-order valence-corrected chi connectivity index (χ0v) is 16.7. The summed E-state index contributed by atoms with van der Waals surface area (Å²) in [5.41, 5.74) is 22.0. The molecule has 10 nitrogen and oxygen atoms in total. The zero-order chi connectivity index (χ0) is 22.2. The largest absolute Gasteiger partial charge is 0.478 e. The lowest BCUT2D eigenvalue weighted by Gasteiger charge is -2.08. The molecule has 0 saturated heterocycles. The van der Waals surface area contributed by atoms with Crippen LogP contribution in [0.4, 0.5) is 0 Å². The van der Waals surface area contributed by atoms with Crippen LogP contribution in [0.15, 0.2) is 12.2 Å². The molecule has 0 aromatic heterocycles. The second-order valence-electron chi connectivity index (χ2n) is 6.12. The van der Waals surface area contributed by atoms with Crippen LogP contribution in [0.1, 0.15) is 51.4 Å². The van der Waals surface area contributed by atoms with Gasteiger partial charge >= 0.3 is 11.9 Å². The fraction of sp³-hybridized carbons (Fsp3) is 0.778. The first-order valence-electron chi connectivity index (χ1n) is 9.51. The number of hydrogen-bond acceptors (Lipinski definition) is 8. The van der Waals surface area contributed by atoms with E-state index in [-0.39, 0.29) is 25.3 Å². The molecule has 0 saturated carbocycles. The number of nitrogens with two attached hydrogens (primary N) is 4. The van der Waals surface area contributed by atoms with Gasteiger partial charge in [0.05, 0.1) is 0 Å². The zero-order valence-electron chi connectivity index (χ0n) is 16.7. The molecule has 0 heterocycles. The Morgan fingerprint density at radius 1 is 0.679 bits per heavy atom. The minimum absolute atomic E-state index is 0.232. The van der Waals surface area contributed by atoms with E-state index < -0.39 is 11.9 Å². The maximum absolute atomic E-state index is 9.55. The first-order chi connectivity index (χ1) is 13.2. The van der Waals surface area contributed by atoms with Crippen LogP contribution in [0.5, 0.6) is 0 Å². The van der Waals surface area contributed by atoms with Crippen molar-refractivity contribution in [2.45, 2.75) is 63.5 Å². The third-order valence-corrected chi connectivity index (χ3v) is 3.39. The van der Waals surface area contributed by atoms with Crippen molar-refractivity contribution in [3.63, 3.8) is 0 Å². The van der Waals surface area contributed by atoms with Gasteiger partial charge < -0.3 is 43.4 Å². The molecule has 0 aliphatic heterocycles. The fourth-order valence-electron chi connectivity index (χ4n) is 1.90. The standard InChI is InChI=1S/2C7H18N2O.C4H4O4/c2*8-5-1-3-7(9)4-2-6-10;5-3(6)1-2-4(7)8/h2*7,10H,1-6,8-9H2;1-2H,(H,5,6)(H,7,8)/b;;2-1+. The van der Waals surface area contributed by atoms with Crippen molar-refractivity contribution in [2.24, 2.45) is 22.9 Å². The summed E-state index contributed by atoms with van der Waals surface area (Å²) in [6.45, 7) is 1.92. The quantitative estimate of drug-likeness (QED) is 0.170. The highest BCUT2D eigenvalue weighted by molar-refractivity contribution is 5.89. The van der Waals surface area contributed by atoms with E-state index in [1.165, 1.54) is 0 Å². The smallest absolute Gasteiger partial charge is 0.328 e. The Bertz CT molecular complexity index is 333. The van der Waals surface area contributed by atoms with Gasteiger partial charge in [-0.25, -0.2) is 9.59 Å². The lowest BCUT2D eigenvalue weighted by molar-refractivity contribution is -0.134. The average molecular weight is 409 g/mol. The lowest BCUT2D eigenvalue weighted by atomic mass is 10.1. The number of carboxylic acids is 2. The molecule has 0 radical (unpaired) electrons. The Hall–Kier alpha value is -1.56. The highest BCUT2D eigenvalue weighted by Crippen LogP contribution is 2.00. The van der Waals surface area contributed by atoms with E-state index in [9.17, 15) is 9.59 Å². The van der Waals surface area contributed by atoms with Crippen molar-refractivity contribution in [3.8, 4) is 0 Å². The highest BCUT2D eigenvalue weighted by Gasteiger charge is 2.00. The minimum atomic E-state index is -1.26. The van der Waals surface area contributed by atoms with Crippen LogP contribution in [-0.2, 0) is 9.59 Å². The number of carbonyl (C=O) groups is 2. The lowest BCUT2D eigenvalue weighted by Crippen LogP contribution is -2.21. The van der Waals surface area contributed by atoms with Gasteiger partial charge in [0.1, 0.15) is 0 Å². The van der Waals surface area contributed by atoms with Crippen molar-refractivity contribution >= 4 is 11.9 Å². The van der Waals surface area contributed by atoms with Crippen LogP contribution in [-0.4, -0.2) is 70.8 Å². The third-order valence-electron chi connectivity index (χ3n) is 3.39. The normalized spacial score (nSPS) is 12.4. The Morgan fingerprint density at radius 2 is 0.964 bits per heavy atom. The molecular formula is C18H40N4O6. The summed E-state index contributed by atoms with van der Waals surface area (Å²) in [6.07, 6.45) is 8.52. The van der Waals surface area contributed by atoms with E-state index in [0.29, 0.717) is 25.2 Å². The number of aliphatic carboxylic acids is 2. The SMILES string of the molecule is NCCCC(N)CCCO.NCCCC(N)CCCO.O=C(O)/C=C/C(=O)O. The maximum atomic E-state index is 9.55. The average Bonchev–Trinajstić information content (AvgIpc) is 2.66. The van der Waals surface area contributed by atoms with Gasteiger partial charge in [-0.3, -0.25) is 0 Å². The Kier molecular flexibility index (Phi) is 28.3. The van der Waals surface area contributed by atoms with E-state index in [2.05, 4.69) is 0 Å². The van der Waals surface area contributed by atoms with Gasteiger partial charge in [0.15, 0.2) is 0 Å². The molecule has 2 unspecified atom stereocenters. The molecule has 2 atom stereocenters. The van der Waals surface area contributed by atoms with Crippen LogP contribution in [0.25, 0.3) is 0 Å². The van der Waals surface area contributed by atoms with Gasteiger partial charge in [-0.05, 0) is 64.5 Å². The number of aliphatic hydroxyl groups excluding tert-OH is 2. The van der Waals surface area contributed by atoms with E-state index in [0.717, 1.165) is 51.4 Å². The number of carboxylic acid groups (broad SMARTS) is 2. The molecule has 0 aliphatic rings. The van der Waals surface area contributed by atoms with Crippen molar-refractivity contribution in [1.82, 2.24) is 0 Å². The summed E-state index contributed by atoms with van der Waals surface area (Å²) in [6, 6.07) is 0.464. The highest BCUT2D eigenvalue weighted by atomic mass is 16.4. The molecule has 0 rings (SSSR count). The van der Waals surface area contributed by atoms with Crippen molar-refractivity contribution in [2.75, 3.05) is 26.3 Å². The van der Waals surface area contributed by atoms with Crippen LogP contribution < -0.4 is 22.9 Å². The van der Waals surface area contributed by atoms with E-state index >= 15 is 0 Å². The fourth-order valence-corrected chi connectivity index (χ4v) is 1.90. The van der Waals surface area contributed by atoms with E-state index in [1.54, 1.807) is 0 Å². The molecule has 0 bridgehead atoms. The predicted octanol–water partition coefficient (Wildman–Crippen LogP) is -0.638. The van der Waals surface area contributed by atoms with Gasteiger partial charge in [-0.15, -0.1) is 0 Å². The monoisotopic (exact) mass is 408 g/mol. The van der Waals surface area contributed by atoms with Crippen molar-refractivity contribution in [1.29, 1.82) is 0 Å². The van der Waals surface area contributed by atoms with Crippen molar-refractivity contribution < 1.29 is 30.0 Å². The topological polar surface area (TPSA) is 219 Å². The van der Waals surface area contributed by atoms with Crippen LogP contribution >= 0.6 is 0 Å². The number of aliphatic hydroxyl groups is 2.